The zero-order chi connectivity index (χ0) is 28.5. The number of esters is 1. The molecule has 4 aromatic rings. The maximum absolute atomic E-state index is 12.0. The van der Waals surface area contributed by atoms with Gasteiger partial charge in [0.05, 0.1) is 43.7 Å². The molecule has 2 atom stereocenters. The lowest BCUT2D eigenvalue weighted by Gasteiger charge is -2.31. The van der Waals surface area contributed by atoms with Crippen LogP contribution in [0, 0.1) is 13.8 Å². The molecule has 1 N–H and O–H groups in total. The van der Waals surface area contributed by atoms with Crippen LogP contribution >= 0.6 is 12.2 Å². The first kappa shape index (κ1) is 27.0. The van der Waals surface area contributed by atoms with Gasteiger partial charge in [0, 0.05) is 47.7 Å². The lowest BCUT2D eigenvalue weighted by atomic mass is 9.96. The van der Waals surface area contributed by atoms with E-state index in [9.17, 15) is 4.79 Å². The molecule has 0 saturated carbocycles. The Morgan fingerprint density at radius 3 is 2.32 bits per heavy atom. The summed E-state index contributed by atoms with van der Waals surface area (Å²) in [5.74, 6) is -0.350. The predicted octanol–water partition coefficient (Wildman–Crippen LogP) is 5.29. The summed E-state index contributed by atoms with van der Waals surface area (Å²) in [6.07, 6.45) is 1.82. The highest BCUT2D eigenvalue weighted by Crippen LogP contribution is 2.44. The van der Waals surface area contributed by atoms with Crippen molar-refractivity contribution in [1.29, 1.82) is 0 Å². The van der Waals surface area contributed by atoms with E-state index >= 15 is 0 Å². The molecule has 2 aromatic carbocycles. The van der Waals surface area contributed by atoms with E-state index in [-0.39, 0.29) is 18.1 Å². The highest BCUT2D eigenvalue weighted by atomic mass is 32.1. The Hall–Kier alpha value is -4.21. The number of pyridine rings is 1. The van der Waals surface area contributed by atoms with Gasteiger partial charge in [-0.2, -0.15) is 0 Å². The van der Waals surface area contributed by atoms with Gasteiger partial charge in [0.1, 0.15) is 0 Å². The fourth-order valence-corrected chi connectivity index (χ4v) is 6.29. The van der Waals surface area contributed by atoms with E-state index in [1.807, 2.05) is 36.5 Å². The number of nitrogens with one attached hydrogen (secondary N) is 1. The van der Waals surface area contributed by atoms with Gasteiger partial charge in [-0.1, -0.05) is 6.07 Å². The summed E-state index contributed by atoms with van der Waals surface area (Å²) in [7, 11) is 1.39. The van der Waals surface area contributed by atoms with Crippen LogP contribution in [-0.4, -0.2) is 54.0 Å². The molecule has 2 unspecified atom stereocenters. The molecule has 2 fully saturated rings. The molecule has 2 aliphatic heterocycles. The number of morpholine rings is 1. The molecule has 2 saturated heterocycles. The predicted molar refractivity (Wildman–Crippen MR) is 164 cm³/mol. The molecule has 8 nitrogen and oxygen atoms in total. The van der Waals surface area contributed by atoms with Gasteiger partial charge >= 0.3 is 5.97 Å². The van der Waals surface area contributed by atoms with E-state index < -0.39 is 0 Å². The van der Waals surface area contributed by atoms with Crippen LogP contribution in [0.4, 0.5) is 11.4 Å². The van der Waals surface area contributed by atoms with E-state index in [0.717, 1.165) is 60.3 Å². The molecule has 0 spiro atoms. The van der Waals surface area contributed by atoms with E-state index in [1.54, 1.807) is 12.1 Å². The first-order chi connectivity index (χ1) is 20.0. The lowest BCUT2D eigenvalue weighted by molar-refractivity contribution is 0.0600. The smallest absolute Gasteiger partial charge is 0.337 e. The minimum absolute atomic E-state index is 0.124. The Morgan fingerprint density at radius 1 is 0.976 bits per heavy atom. The van der Waals surface area contributed by atoms with Crippen molar-refractivity contribution in [3.05, 3.63) is 107 Å². The number of carbonyl (C=O) groups is 1. The van der Waals surface area contributed by atoms with Gasteiger partial charge in [0.25, 0.3) is 0 Å². The van der Waals surface area contributed by atoms with Gasteiger partial charge < -0.3 is 29.2 Å². The minimum atomic E-state index is -0.350. The molecule has 9 heteroatoms. The molecular formula is C32H33N5O3S. The number of aryl methyl sites for hydroxylation is 1. The minimum Gasteiger partial charge on any atom is -0.465 e. The van der Waals surface area contributed by atoms with Gasteiger partial charge in [-0.05, 0) is 98.4 Å². The van der Waals surface area contributed by atoms with Crippen molar-refractivity contribution in [1.82, 2.24) is 14.9 Å². The van der Waals surface area contributed by atoms with Crippen LogP contribution in [0.15, 0.2) is 79.0 Å². The van der Waals surface area contributed by atoms with E-state index in [1.165, 1.54) is 12.8 Å². The Kier molecular flexibility index (Phi) is 7.47. The molecular weight excluding hydrogens is 534 g/mol. The highest BCUT2D eigenvalue weighted by Gasteiger charge is 2.42. The second-order valence-electron chi connectivity index (χ2n) is 10.3. The van der Waals surface area contributed by atoms with Gasteiger partial charge in [0.15, 0.2) is 5.11 Å². The fourth-order valence-electron chi connectivity index (χ4n) is 5.94. The summed E-state index contributed by atoms with van der Waals surface area (Å²) in [6, 6.07) is 24.1. The molecule has 0 radical (unpaired) electrons. The van der Waals surface area contributed by atoms with Crippen molar-refractivity contribution >= 4 is 34.7 Å². The topological polar surface area (TPSA) is 71.9 Å². The Labute approximate surface area is 245 Å². The van der Waals surface area contributed by atoms with E-state index in [4.69, 9.17) is 26.7 Å². The van der Waals surface area contributed by atoms with Crippen molar-refractivity contribution in [3.8, 4) is 5.69 Å². The number of benzene rings is 2. The number of thiocarbonyl (C=S) groups is 1. The van der Waals surface area contributed by atoms with Crippen molar-refractivity contribution in [3.63, 3.8) is 0 Å². The molecule has 210 valence electrons. The summed E-state index contributed by atoms with van der Waals surface area (Å²) >= 11 is 5.97. The number of methoxy groups -OCH3 is 1. The molecule has 2 aliphatic rings. The third-order valence-electron chi connectivity index (χ3n) is 7.94. The van der Waals surface area contributed by atoms with Gasteiger partial charge in [0.2, 0.25) is 0 Å². The summed E-state index contributed by atoms with van der Waals surface area (Å²) in [5.41, 5.74) is 7.97. The van der Waals surface area contributed by atoms with Crippen molar-refractivity contribution in [2.45, 2.75) is 25.9 Å². The van der Waals surface area contributed by atoms with E-state index in [2.05, 4.69) is 63.9 Å². The number of nitrogens with zero attached hydrogens (tertiary/aromatic N) is 4. The number of hydrogen-bond acceptors (Lipinski definition) is 6. The zero-order valence-corrected chi connectivity index (χ0v) is 24.2. The van der Waals surface area contributed by atoms with Crippen LogP contribution in [0.2, 0.25) is 0 Å². The summed E-state index contributed by atoms with van der Waals surface area (Å²) < 4.78 is 12.6. The highest BCUT2D eigenvalue weighted by molar-refractivity contribution is 7.80. The monoisotopic (exact) mass is 567 g/mol. The average Bonchev–Trinajstić information content (AvgIpc) is 3.52. The van der Waals surface area contributed by atoms with Crippen molar-refractivity contribution in [2.75, 3.05) is 43.2 Å². The average molecular weight is 568 g/mol. The normalized spacial score (nSPS) is 18.9. The van der Waals surface area contributed by atoms with E-state index in [0.29, 0.717) is 10.7 Å². The van der Waals surface area contributed by atoms with Crippen LogP contribution in [-0.2, 0) is 9.47 Å². The molecule has 4 heterocycles. The first-order valence-electron chi connectivity index (χ1n) is 13.8. The number of anilines is 2. The molecule has 6 rings (SSSR count). The maximum atomic E-state index is 12.0. The SMILES string of the molecule is COC(=O)c1ccc(-n2c(C)cc(C3C(c4ccccn4)NC(=S)N3c3ccc(N4CCOCC4)cc3)c2C)cc1. The third kappa shape index (κ3) is 5.07. The number of aromatic nitrogens is 2. The maximum Gasteiger partial charge on any atom is 0.337 e. The fraction of sp³-hybridized carbons (Fsp3) is 0.281. The van der Waals surface area contributed by atoms with Gasteiger partial charge in [-0.25, -0.2) is 4.79 Å². The number of hydrogen-bond donors (Lipinski definition) is 1. The van der Waals surface area contributed by atoms with Crippen LogP contribution in [0.3, 0.4) is 0 Å². The van der Waals surface area contributed by atoms with Gasteiger partial charge in [-0.3, -0.25) is 4.98 Å². The number of carbonyl (C=O) groups excluding carboxylic acids is 1. The lowest BCUT2D eigenvalue weighted by Crippen LogP contribution is -2.36. The molecule has 2 aromatic heterocycles. The van der Waals surface area contributed by atoms with Crippen molar-refractivity contribution in [2.24, 2.45) is 0 Å². The summed E-state index contributed by atoms with van der Waals surface area (Å²) in [6.45, 7) is 7.50. The quantitative estimate of drug-likeness (QED) is 0.249. The Morgan fingerprint density at radius 2 is 1.66 bits per heavy atom. The molecule has 0 amide bonds. The number of rotatable bonds is 6. The summed E-state index contributed by atoms with van der Waals surface area (Å²) in [4.78, 5) is 21.3. The van der Waals surface area contributed by atoms with Crippen LogP contribution in [0.1, 0.15) is 45.1 Å². The summed E-state index contributed by atoms with van der Waals surface area (Å²) in [5, 5.41) is 4.24. The third-order valence-corrected chi connectivity index (χ3v) is 8.25. The second-order valence-corrected chi connectivity index (χ2v) is 10.7. The first-order valence-corrected chi connectivity index (χ1v) is 14.2. The zero-order valence-electron chi connectivity index (χ0n) is 23.4. The largest absolute Gasteiger partial charge is 0.465 e. The molecule has 41 heavy (non-hydrogen) atoms. The van der Waals surface area contributed by atoms with Gasteiger partial charge in [-0.15, -0.1) is 0 Å². The second kappa shape index (κ2) is 11.3. The molecule has 0 bridgehead atoms. The Bertz CT molecular complexity index is 1550. The van der Waals surface area contributed by atoms with Crippen LogP contribution in [0.5, 0.6) is 0 Å². The number of ether oxygens (including phenoxy) is 2. The van der Waals surface area contributed by atoms with Crippen LogP contribution < -0.4 is 15.1 Å². The van der Waals surface area contributed by atoms with Crippen LogP contribution in [0.25, 0.3) is 5.69 Å². The van der Waals surface area contributed by atoms with Crippen molar-refractivity contribution < 1.29 is 14.3 Å². The molecule has 0 aliphatic carbocycles. The Balaban J connectivity index is 1.41. The standard InChI is InChI=1S/C32H33N5O3S/c1-21-20-27(22(2)36(21)25-9-7-23(8-10-25)31(38)39-3)30-29(28-6-4-5-15-33-28)34-32(41)37(30)26-13-11-24(12-14-26)35-16-18-40-19-17-35/h4-15,20,29-30H,16-19H2,1-3H3,(H,34,41).